The van der Waals surface area contributed by atoms with Crippen LogP contribution in [0, 0.1) is 5.92 Å². The van der Waals surface area contributed by atoms with Crippen LogP contribution in [0.5, 0.6) is 0 Å². The molecule has 0 spiro atoms. The Kier molecular flexibility index (Phi) is 4.04. The third-order valence-corrected chi connectivity index (χ3v) is 3.39. The maximum atomic E-state index is 11.9. The zero-order valence-electron chi connectivity index (χ0n) is 10.8. The number of nitrogens with zero attached hydrogens (tertiary/aromatic N) is 1. The van der Waals surface area contributed by atoms with Gasteiger partial charge in [0.15, 0.2) is 0 Å². The molecule has 2 atom stereocenters. The van der Waals surface area contributed by atoms with Gasteiger partial charge in [-0.15, -0.1) is 0 Å². The van der Waals surface area contributed by atoms with E-state index in [1.807, 2.05) is 37.3 Å². The molecule has 0 radical (unpaired) electrons. The second kappa shape index (κ2) is 5.73. The van der Waals surface area contributed by atoms with Gasteiger partial charge in [0.05, 0.1) is 0 Å². The minimum absolute atomic E-state index is 0.0400. The van der Waals surface area contributed by atoms with E-state index in [0.29, 0.717) is 13.0 Å². The highest BCUT2D eigenvalue weighted by Gasteiger charge is 2.40. The normalized spacial score (nSPS) is 22.3. The van der Waals surface area contributed by atoms with Crippen LogP contribution < -0.4 is 0 Å². The first kappa shape index (κ1) is 13.4. The molecular formula is C14H17NO4. The molecule has 102 valence electrons. The third kappa shape index (κ3) is 3.05. The minimum atomic E-state index is -0.971. The molecule has 19 heavy (non-hydrogen) atoms. The van der Waals surface area contributed by atoms with E-state index < -0.39 is 18.1 Å². The lowest BCUT2D eigenvalue weighted by Gasteiger charge is -2.22. The molecule has 5 heteroatoms. The van der Waals surface area contributed by atoms with Crippen molar-refractivity contribution in [1.82, 2.24) is 4.90 Å². The maximum absolute atomic E-state index is 11.9. The molecule has 1 aliphatic heterocycles. The summed E-state index contributed by atoms with van der Waals surface area (Å²) < 4.78 is 5.16. The lowest BCUT2D eigenvalue weighted by atomic mass is 10.0. The fourth-order valence-corrected chi connectivity index (χ4v) is 2.33. The SMILES string of the molecule is C[C@H]1CCN(C(=O)OCc2ccccc2)[C@H]1C(=O)O. The number of benzene rings is 1. The second-order valence-electron chi connectivity index (χ2n) is 4.78. The van der Waals surface area contributed by atoms with Crippen molar-refractivity contribution < 1.29 is 19.4 Å². The summed E-state index contributed by atoms with van der Waals surface area (Å²) in [6, 6.07) is 8.54. The van der Waals surface area contributed by atoms with Crippen molar-refractivity contribution in [2.45, 2.75) is 26.0 Å². The molecule has 1 fully saturated rings. The number of rotatable bonds is 3. The fourth-order valence-electron chi connectivity index (χ4n) is 2.33. The largest absolute Gasteiger partial charge is 0.480 e. The zero-order chi connectivity index (χ0) is 13.8. The Hall–Kier alpha value is -2.04. The number of likely N-dealkylation sites (tertiary alicyclic amines) is 1. The van der Waals surface area contributed by atoms with Crippen molar-refractivity contribution in [1.29, 1.82) is 0 Å². The van der Waals surface area contributed by atoms with E-state index in [-0.39, 0.29) is 12.5 Å². The van der Waals surface area contributed by atoms with Gasteiger partial charge in [0.1, 0.15) is 12.6 Å². The first-order valence-corrected chi connectivity index (χ1v) is 6.29. The van der Waals surface area contributed by atoms with Gasteiger partial charge in [0.25, 0.3) is 0 Å². The van der Waals surface area contributed by atoms with Crippen molar-refractivity contribution in [3.05, 3.63) is 35.9 Å². The predicted octanol–water partition coefficient (Wildman–Crippen LogP) is 2.12. The summed E-state index contributed by atoms with van der Waals surface area (Å²) in [5.41, 5.74) is 0.884. The standard InChI is InChI=1S/C14H17NO4/c1-10-7-8-15(12(10)13(16)17)14(18)19-9-11-5-3-2-4-6-11/h2-6,10,12H,7-9H2,1H3,(H,16,17)/t10-,12+/m0/s1. The Bertz CT molecular complexity index is 460. The van der Waals surface area contributed by atoms with Gasteiger partial charge in [0.2, 0.25) is 0 Å². The number of carboxylic acid groups (broad SMARTS) is 1. The molecule has 0 aromatic heterocycles. The number of carbonyl (C=O) groups excluding carboxylic acids is 1. The summed E-state index contributed by atoms with van der Waals surface area (Å²) in [7, 11) is 0. The van der Waals surface area contributed by atoms with E-state index in [1.165, 1.54) is 4.90 Å². The molecule has 1 heterocycles. The summed E-state index contributed by atoms with van der Waals surface area (Å²) in [6.45, 7) is 2.44. The monoisotopic (exact) mass is 263 g/mol. The molecule has 0 aliphatic carbocycles. The summed E-state index contributed by atoms with van der Waals surface area (Å²) in [4.78, 5) is 24.4. The molecular weight excluding hydrogens is 246 g/mol. The third-order valence-electron chi connectivity index (χ3n) is 3.39. The highest BCUT2D eigenvalue weighted by atomic mass is 16.6. The summed E-state index contributed by atoms with van der Waals surface area (Å²) in [5, 5.41) is 9.14. The average molecular weight is 263 g/mol. The van der Waals surface area contributed by atoms with Gasteiger partial charge >= 0.3 is 12.1 Å². The van der Waals surface area contributed by atoms with E-state index >= 15 is 0 Å². The molecule has 1 saturated heterocycles. The van der Waals surface area contributed by atoms with Crippen LogP contribution in [0.15, 0.2) is 30.3 Å². The number of amides is 1. The Labute approximate surface area is 111 Å². The minimum Gasteiger partial charge on any atom is -0.480 e. The van der Waals surface area contributed by atoms with E-state index in [4.69, 9.17) is 9.84 Å². The molecule has 1 amide bonds. The van der Waals surface area contributed by atoms with Crippen molar-refractivity contribution >= 4 is 12.1 Å². The van der Waals surface area contributed by atoms with Crippen LogP contribution in [-0.2, 0) is 16.1 Å². The van der Waals surface area contributed by atoms with Crippen LogP contribution in [0.1, 0.15) is 18.9 Å². The zero-order valence-corrected chi connectivity index (χ0v) is 10.8. The molecule has 1 aromatic carbocycles. The van der Waals surface area contributed by atoms with Crippen LogP contribution in [0.3, 0.4) is 0 Å². The number of carboxylic acids is 1. The molecule has 5 nitrogen and oxygen atoms in total. The van der Waals surface area contributed by atoms with Crippen molar-refractivity contribution in [2.24, 2.45) is 5.92 Å². The predicted molar refractivity (Wildman–Crippen MR) is 68.5 cm³/mol. The van der Waals surface area contributed by atoms with E-state index in [1.54, 1.807) is 0 Å². The van der Waals surface area contributed by atoms with Crippen LogP contribution in [0.4, 0.5) is 4.79 Å². The van der Waals surface area contributed by atoms with Crippen molar-refractivity contribution in [3.63, 3.8) is 0 Å². The van der Waals surface area contributed by atoms with Gasteiger partial charge in [0, 0.05) is 6.54 Å². The van der Waals surface area contributed by atoms with Crippen molar-refractivity contribution in [3.8, 4) is 0 Å². The van der Waals surface area contributed by atoms with Gasteiger partial charge in [-0.2, -0.15) is 0 Å². The quantitative estimate of drug-likeness (QED) is 0.907. The summed E-state index contributed by atoms with van der Waals surface area (Å²) >= 11 is 0. The fraction of sp³-hybridized carbons (Fsp3) is 0.429. The van der Waals surface area contributed by atoms with Gasteiger partial charge < -0.3 is 9.84 Å². The van der Waals surface area contributed by atoms with Gasteiger partial charge in [-0.05, 0) is 17.9 Å². The average Bonchev–Trinajstić information content (AvgIpc) is 2.79. The molecule has 0 unspecified atom stereocenters. The maximum Gasteiger partial charge on any atom is 0.410 e. The van der Waals surface area contributed by atoms with Crippen LogP contribution in [-0.4, -0.2) is 34.7 Å². The Morgan fingerprint density at radius 3 is 2.68 bits per heavy atom. The first-order valence-electron chi connectivity index (χ1n) is 6.29. The second-order valence-corrected chi connectivity index (χ2v) is 4.78. The first-order chi connectivity index (χ1) is 9.09. The number of aliphatic carboxylic acids is 1. The van der Waals surface area contributed by atoms with Crippen molar-refractivity contribution in [2.75, 3.05) is 6.54 Å². The number of hydrogen-bond donors (Lipinski definition) is 1. The molecule has 0 bridgehead atoms. The van der Waals surface area contributed by atoms with Crippen LogP contribution >= 0.6 is 0 Å². The van der Waals surface area contributed by atoms with Gasteiger partial charge in [-0.1, -0.05) is 37.3 Å². The smallest absolute Gasteiger partial charge is 0.410 e. The molecule has 0 saturated carbocycles. The van der Waals surface area contributed by atoms with Gasteiger partial charge in [-0.3, -0.25) is 4.90 Å². The van der Waals surface area contributed by atoms with Crippen LogP contribution in [0.25, 0.3) is 0 Å². The Morgan fingerprint density at radius 2 is 2.05 bits per heavy atom. The number of ether oxygens (including phenoxy) is 1. The lowest BCUT2D eigenvalue weighted by Crippen LogP contribution is -2.42. The molecule has 2 rings (SSSR count). The van der Waals surface area contributed by atoms with E-state index in [2.05, 4.69) is 0 Å². The molecule has 1 N–H and O–H groups in total. The lowest BCUT2D eigenvalue weighted by molar-refractivity contribution is -0.142. The Morgan fingerprint density at radius 1 is 1.37 bits per heavy atom. The van der Waals surface area contributed by atoms with E-state index in [9.17, 15) is 9.59 Å². The van der Waals surface area contributed by atoms with Gasteiger partial charge in [-0.25, -0.2) is 9.59 Å². The molecule has 1 aromatic rings. The summed E-state index contributed by atoms with van der Waals surface area (Å²) in [5.74, 6) is -1.01. The molecule has 1 aliphatic rings. The number of carbonyl (C=O) groups is 2. The highest BCUT2D eigenvalue weighted by Crippen LogP contribution is 2.25. The van der Waals surface area contributed by atoms with E-state index in [0.717, 1.165) is 5.56 Å². The van der Waals surface area contributed by atoms with Crippen LogP contribution in [0.2, 0.25) is 0 Å². The summed E-state index contributed by atoms with van der Waals surface area (Å²) in [6.07, 6.45) is 0.137. The topological polar surface area (TPSA) is 66.8 Å². The Balaban J connectivity index is 1.95. The number of hydrogen-bond acceptors (Lipinski definition) is 3. The highest BCUT2D eigenvalue weighted by molar-refractivity contribution is 5.81.